The number of carbonyl (C=O) groups is 2. The van der Waals surface area contributed by atoms with Crippen LogP contribution in [0, 0.1) is 5.82 Å². The van der Waals surface area contributed by atoms with E-state index in [1.165, 1.54) is 45.6 Å². The smallest absolute Gasteiger partial charge is 0.261 e. The minimum absolute atomic E-state index is 0.0177. The molecule has 1 N–H and O–H groups in total. The number of ether oxygens (including phenoxy) is 4. The van der Waals surface area contributed by atoms with Crippen molar-refractivity contribution in [1.29, 1.82) is 0 Å². The number of halogens is 1. The van der Waals surface area contributed by atoms with Gasteiger partial charge in [0.1, 0.15) is 17.6 Å². The molecule has 0 spiro atoms. The number of fused-ring (bicyclic) bond motifs is 1. The number of carbonyl (C=O) groups excluding carboxylic acids is 2. The predicted molar refractivity (Wildman–Crippen MR) is 172 cm³/mol. The standard InChI is InChI=1S/C35H34FN3O8S/c36-28-9-6-25(7-10-28)22-39(33(40)23-45-29-11-13-30(14-12-29)48(42,43)38-16-18-44-19-17-38)34(27-4-2-1-3-5-27)35(41)37-21-26-8-15-31-32(20-26)47-24-46-31/h1-15,20,34H,16-19,21-24H2,(H,37,41)/t34-/m0/s1. The van der Waals surface area contributed by atoms with Crippen molar-refractivity contribution in [1.82, 2.24) is 14.5 Å². The molecule has 6 rings (SSSR count). The molecule has 0 radical (unpaired) electrons. The van der Waals surface area contributed by atoms with Crippen molar-refractivity contribution in [3.8, 4) is 17.2 Å². The highest BCUT2D eigenvalue weighted by atomic mass is 32.2. The molecule has 11 nitrogen and oxygen atoms in total. The molecule has 1 fully saturated rings. The summed E-state index contributed by atoms with van der Waals surface area (Å²) in [6.45, 7) is 1.02. The molecule has 13 heteroatoms. The zero-order valence-corrected chi connectivity index (χ0v) is 26.7. The van der Waals surface area contributed by atoms with Crippen LogP contribution in [0.15, 0.2) is 102 Å². The lowest BCUT2D eigenvalue weighted by molar-refractivity contribution is -0.143. The predicted octanol–water partition coefficient (Wildman–Crippen LogP) is 4.04. The Kier molecular flexibility index (Phi) is 10.2. The lowest BCUT2D eigenvalue weighted by atomic mass is 10.0. The van der Waals surface area contributed by atoms with Crippen molar-refractivity contribution >= 4 is 21.8 Å². The number of nitrogens with one attached hydrogen (secondary N) is 1. The largest absolute Gasteiger partial charge is 0.484 e. The number of nitrogens with zero attached hydrogens (tertiary/aromatic N) is 2. The monoisotopic (exact) mass is 675 g/mol. The molecule has 250 valence electrons. The summed E-state index contributed by atoms with van der Waals surface area (Å²) in [5, 5.41) is 2.94. The van der Waals surface area contributed by atoms with Crippen LogP contribution in [0.3, 0.4) is 0 Å². The van der Waals surface area contributed by atoms with Crippen molar-refractivity contribution in [3.63, 3.8) is 0 Å². The number of morpholine rings is 1. The molecule has 0 aliphatic carbocycles. The van der Waals surface area contributed by atoms with Crippen molar-refractivity contribution in [2.75, 3.05) is 39.7 Å². The van der Waals surface area contributed by atoms with E-state index in [4.69, 9.17) is 18.9 Å². The first-order valence-electron chi connectivity index (χ1n) is 15.3. The lowest BCUT2D eigenvalue weighted by Gasteiger charge is -2.31. The zero-order valence-electron chi connectivity index (χ0n) is 25.9. The van der Waals surface area contributed by atoms with Crippen molar-refractivity contribution < 1.29 is 41.3 Å². The van der Waals surface area contributed by atoms with Gasteiger partial charge in [0.05, 0.1) is 18.1 Å². The summed E-state index contributed by atoms with van der Waals surface area (Å²) in [4.78, 5) is 29.4. The minimum atomic E-state index is -3.70. The van der Waals surface area contributed by atoms with Gasteiger partial charge in [-0.3, -0.25) is 9.59 Å². The van der Waals surface area contributed by atoms with E-state index >= 15 is 0 Å². The third-order valence-electron chi connectivity index (χ3n) is 7.96. The highest BCUT2D eigenvalue weighted by Crippen LogP contribution is 2.33. The second-order valence-electron chi connectivity index (χ2n) is 11.1. The van der Waals surface area contributed by atoms with Crippen LogP contribution in [-0.4, -0.2) is 69.1 Å². The van der Waals surface area contributed by atoms with Gasteiger partial charge in [-0.1, -0.05) is 48.5 Å². The SMILES string of the molecule is O=C(NCc1ccc2c(c1)OCO2)[C@H](c1ccccc1)N(Cc1ccc(F)cc1)C(=O)COc1ccc(S(=O)(=O)N2CCOCC2)cc1. The first kappa shape index (κ1) is 32.9. The van der Waals surface area contributed by atoms with Crippen molar-refractivity contribution in [2.24, 2.45) is 0 Å². The maximum Gasteiger partial charge on any atom is 0.261 e. The summed E-state index contributed by atoms with van der Waals surface area (Å²) in [6, 6.07) is 24.7. The number of rotatable bonds is 12. The van der Waals surface area contributed by atoms with Crippen LogP contribution in [0.1, 0.15) is 22.7 Å². The van der Waals surface area contributed by atoms with Crippen molar-refractivity contribution in [3.05, 3.63) is 120 Å². The molecule has 1 saturated heterocycles. The molecule has 4 aromatic rings. The van der Waals surface area contributed by atoms with Gasteiger partial charge in [-0.2, -0.15) is 4.31 Å². The van der Waals surface area contributed by atoms with Crippen LogP contribution in [0.4, 0.5) is 4.39 Å². The Bertz CT molecular complexity index is 1830. The molecule has 2 heterocycles. The van der Waals surface area contributed by atoms with E-state index in [0.29, 0.717) is 35.8 Å². The highest BCUT2D eigenvalue weighted by Gasteiger charge is 2.32. The summed E-state index contributed by atoms with van der Waals surface area (Å²) >= 11 is 0. The van der Waals surface area contributed by atoms with E-state index in [2.05, 4.69) is 5.32 Å². The molecule has 0 bridgehead atoms. The number of benzene rings is 4. The van der Waals surface area contributed by atoms with Gasteiger partial charge in [-0.05, 0) is 65.2 Å². The molecular weight excluding hydrogens is 641 g/mol. The molecule has 1 atom stereocenters. The van der Waals surface area contributed by atoms with Crippen LogP contribution in [0.5, 0.6) is 17.2 Å². The summed E-state index contributed by atoms with van der Waals surface area (Å²) in [7, 11) is -3.70. The molecule has 0 saturated carbocycles. The maximum atomic E-state index is 13.9. The number of sulfonamides is 1. The Balaban J connectivity index is 1.21. The second-order valence-corrected chi connectivity index (χ2v) is 13.1. The quantitative estimate of drug-likeness (QED) is 0.239. The Morgan fingerprint density at radius 2 is 1.56 bits per heavy atom. The fourth-order valence-corrected chi connectivity index (χ4v) is 6.83. The lowest BCUT2D eigenvalue weighted by Crippen LogP contribution is -2.45. The molecule has 2 aliphatic heterocycles. The van der Waals surface area contributed by atoms with Crippen LogP contribution >= 0.6 is 0 Å². The van der Waals surface area contributed by atoms with Gasteiger partial charge < -0.3 is 29.2 Å². The van der Waals surface area contributed by atoms with Crippen molar-refractivity contribution in [2.45, 2.75) is 24.0 Å². The Hall–Kier alpha value is -4.98. The van der Waals surface area contributed by atoms with Gasteiger partial charge >= 0.3 is 0 Å². The molecule has 4 aromatic carbocycles. The maximum absolute atomic E-state index is 13.9. The van der Waals surface area contributed by atoms with Crippen LogP contribution in [-0.2, 0) is 37.4 Å². The number of hydrogen-bond acceptors (Lipinski definition) is 8. The van der Waals surface area contributed by atoms with E-state index in [0.717, 1.165) is 5.56 Å². The topological polar surface area (TPSA) is 124 Å². The molecule has 0 aromatic heterocycles. The Morgan fingerprint density at radius 3 is 2.29 bits per heavy atom. The fourth-order valence-electron chi connectivity index (χ4n) is 5.43. The number of amides is 2. The third kappa shape index (κ3) is 7.76. The molecular formula is C35H34FN3O8S. The second kappa shape index (κ2) is 14.8. The van der Waals surface area contributed by atoms with Gasteiger partial charge in [0.2, 0.25) is 22.7 Å². The Labute approximate surface area is 277 Å². The first-order chi connectivity index (χ1) is 23.3. The van der Waals surface area contributed by atoms with Gasteiger partial charge in [0.15, 0.2) is 18.1 Å². The number of hydrogen-bond donors (Lipinski definition) is 1. The Morgan fingerprint density at radius 1 is 0.875 bits per heavy atom. The zero-order chi connectivity index (χ0) is 33.5. The molecule has 48 heavy (non-hydrogen) atoms. The van der Waals surface area contributed by atoms with Gasteiger partial charge in [0, 0.05) is 26.2 Å². The normalized spacial score (nSPS) is 15.0. The average Bonchev–Trinajstić information content (AvgIpc) is 3.59. The van der Waals surface area contributed by atoms with Crippen LogP contribution < -0.4 is 19.5 Å². The average molecular weight is 676 g/mol. The fraction of sp³-hybridized carbons (Fsp3) is 0.257. The van der Waals surface area contributed by atoms with Gasteiger partial charge in [-0.15, -0.1) is 0 Å². The first-order valence-corrected chi connectivity index (χ1v) is 16.8. The van der Waals surface area contributed by atoms with E-state index in [9.17, 15) is 22.4 Å². The summed E-state index contributed by atoms with van der Waals surface area (Å²) in [6.07, 6.45) is 0. The summed E-state index contributed by atoms with van der Waals surface area (Å²) in [5.41, 5.74) is 1.94. The summed E-state index contributed by atoms with van der Waals surface area (Å²) < 4.78 is 63.1. The van der Waals surface area contributed by atoms with Gasteiger partial charge in [0.25, 0.3) is 5.91 Å². The van der Waals surface area contributed by atoms with E-state index < -0.39 is 40.3 Å². The third-order valence-corrected chi connectivity index (χ3v) is 9.87. The van der Waals surface area contributed by atoms with Crippen LogP contribution in [0.2, 0.25) is 0 Å². The minimum Gasteiger partial charge on any atom is -0.484 e. The molecule has 2 amide bonds. The van der Waals surface area contributed by atoms with E-state index in [1.807, 2.05) is 12.1 Å². The molecule has 2 aliphatic rings. The van der Waals surface area contributed by atoms with E-state index in [1.54, 1.807) is 48.5 Å². The summed E-state index contributed by atoms with van der Waals surface area (Å²) in [5.74, 6) is 0.0908. The van der Waals surface area contributed by atoms with Crippen LogP contribution in [0.25, 0.3) is 0 Å². The van der Waals surface area contributed by atoms with E-state index in [-0.39, 0.29) is 43.6 Å². The van der Waals surface area contributed by atoms with Gasteiger partial charge in [-0.25, -0.2) is 12.8 Å². The molecule has 0 unspecified atom stereocenters. The highest BCUT2D eigenvalue weighted by molar-refractivity contribution is 7.89.